The fourth-order valence-corrected chi connectivity index (χ4v) is 2.05. The third kappa shape index (κ3) is 3.85. The number of anilines is 2. The molecule has 1 fully saturated rings. The Labute approximate surface area is 118 Å². The number of alkyl halides is 1. The van der Waals surface area contributed by atoms with Crippen molar-refractivity contribution in [3.05, 3.63) is 24.3 Å². The third-order valence-electron chi connectivity index (χ3n) is 3.19. The van der Waals surface area contributed by atoms with Gasteiger partial charge >= 0.3 is 0 Å². The molecule has 1 atom stereocenters. The normalized spacial score (nSPS) is 17.1. The van der Waals surface area contributed by atoms with Crippen LogP contribution in [0.3, 0.4) is 0 Å². The Kier molecular flexibility index (Phi) is 5.05. The van der Waals surface area contributed by atoms with Gasteiger partial charge in [0.05, 0.1) is 13.2 Å². The molecule has 1 aliphatic rings. The predicted octanol–water partition coefficient (Wildman–Crippen LogP) is 2.34. The minimum atomic E-state index is -0.180. The summed E-state index contributed by atoms with van der Waals surface area (Å²) in [6.07, 6.45) is 0. The van der Waals surface area contributed by atoms with Crippen LogP contribution in [0.25, 0.3) is 0 Å². The number of ether oxygens (including phenoxy) is 1. The molecule has 1 unspecified atom stereocenters. The molecule has 1 N–H and O–H groups in total. The van der Waals surface area contributed by atoms with Crippen molar-refractivity contribution in [1.29, 1.82) is 0 Å². The van der Waals surface area contributed by atoms with Crippen LogP contribution >= 0.6 is 11.6 Å². The van der Waals surface area contributed by atoms with Gasteiger partial charge < -0.3 is 15.0 Å². The maximum atomic E-state index is 11.7. The first-order chi connectivity index (χ1) is 9.20. The predicted molar refractivity (Wildman–Crippen MR) is 78.0 cm³/mol. The van der Waals surface area contributed by atoms with Crippen molar-refractivity contribution in [3.63, 3.8) is 0 Å². The molecule has 19 heavy (non-hydrogen) atoms. The highest BCUT2D eigenvalue weighted by Crippen LogP contribution is 2.19. The summed E-state index contributed by atoms with van der Waals surface area (Å²) < 4.78 is 5.33. The summed E-state index contributed by atoms with van der Waals surface area (Å²) in [6, 6.07) is 7.88. The van der Waals surface area contributed by atoms with Crippen LogP contribution in [-0.4, -0.2) is 38.1 Å². The standard InChI is InChI=1S/C14H19ClN2O2/c1-11(10-15)14(18)16-12-2-4-13(5-3-12)17-6-8-19-9-7-17/h2-5,11H,6-10H2,1H3,(H,16,18). The van der Waals surface area contributed by atoms with Gasteiger partial charge in [-0.1, -0.05) is 6.92 Å². The highest BCUT2D eigenvalue weighted by Gasteiger charge is 2.13. The summed E-state index contributed by atoms with van der Waals surface area (Å²) in [7, 11) is 0. The first-order valence-electron chi connectivity index (χ1n) is 6.50. The van der Waals surface area contributed by atoms with E-state index in [1.54, 1.807) is 0 Å². The number of benzene rings is 1. The highest BCUT2D eigenvalue weighted by molar-refractivity contribution is 6.19. The van der Waals surface area contributed by atoms with E-state index in [1.807, 2.05) is 31.2 Å². The number of amides is 1. The lowest BCUT2D eigenvalue weighted by Gasteiger charge is -2.28. The monoisotopic (exact) mass is 282 g/mol. The van der Waals surface area contributed by atoms with Crippen LogP contribution < -0.4 is 10.2 Å². The molecule has 0 aliphatic carbocycles. The van der Waals surface area contributed by atoms with Crippen molar-refractivity contribution in [3.8, 4) is 0 Å². The Hall–Kier alpha value is -1.26. The first-order valence-corrected chi connectivity index (χ1v) is 7.03. The molecule has 1 saturated heterocycles. The minimum absolute atomic E-state index is 0.0471. The van der Waals surface area contributed by atoms with E-state index in [9.17, 15) is 4.79 Å². The van der Waals surface area contributed by atoms with Gasteiger partial charge in [0.2, 0.25) is 5.91 Å². The number of carbonyl (C=O) groups excluding carboxylic acids is 1. The smallest absolute Gasteiger partial charge is 0.228 e. The van der Waals surface area contributed by atoms with E-state index in [0.29, 0.717) is 5.88 Å². The Bertz CT molecular complexity index is 416. The molecule has 4 nitrogen and oxygen atoms in total. The van der Waals surface area contributed by atoms with Crippen LogP contribution in [0.1, 0.15) is 6.92 Å². The van der Waals surface area contributed by atoms with Crippen LogP contribution in [-0.2, 0) is 9.53 Å². The summed E-state index contributed by atoms with van der Waals surface area (Å²) in [5.41, 5.74) is 1.96. The average Bonchev–Trinajstić information content (AvgIpc) is 2.48. The zero-order chi connectivity index (χ0) is 13.7. The Morgan fingerprint density at radius 3 is 2.58 bits per heavy atom. The van der Waals surface area contributed by atoms with Gasteiger partial charge in [-0.25, -0.2) is 0 Å². The first kappa shape index (κ1) is 14.2. The van der Waals surface area contributed by atoms with Gasteiger partial charge in [0.25, 0.3) is 0 Å². The van der Waals surface area contributed by atoms with E-state index >= 15 is 0 Å². The van der Waals surface area contributed by atoms with Crippen LogP contribution in [0.2, 0.25) is 0 Å². The molecule has 0 bridgehead atoms. The van der Waals surface area contributed by atoms with Crippen molar-refractivity contribution in [2.75, 3.05) is 42.4 Å². The SMILES string of the molecule is CC(CCl)C(=O)Nc1ccc(N2CCOCC2)cc1. The number of carbonyl (C=O) groups is 1. The van der Waals surface area contributed by atoms with Crippen LogP contribution in [0, 0.1) is 5.92 Å². The summed E-state index contributed by atoms with van der Waals surface area (Å²) in [5, 5.41) is 2.86. The summed E-state index contributed by atoms with van der Waals surface area (Å²) in [4.78, 5) is 14.0. The van der Waals surface area contributed by atoms with Crippen molar-refractivity contribution in [2.24, 2.45) is 5.92 Å². The van der Waals surface area contributed by atoms with E-state index in [4.69, 9.17) is 16.3 Å². The maximum Gasteiger partial charge on any atom is 0.228 e. The van der Waals surface area contributed by atoms with Crippen LogP contribution in [0.15, 0.2) is 24.3 Å². The molecular weight excluding hydrogens is 264 g/mol. The molecule has 2 rings (SSSR count). The second-order valence-electron chi connectivity index (χ2n) is 4.69. The van der Waals surface area contributed by atoms with Gasteiger partial charge in [-0.2, -0.15) is 0 Å². The fourth-order valence-electron chi connectivity index (χ4n) is 1.91. The van der Waals surface area contributed by atoms with Crippen LogP contribution in [0.5, 0.6) is 0 Å². The van der Waals surface area contributed by atoms with E-state index < -0.39 is 0 Å². The van der Waals surface area contributed by atoms with Gasteiger partial charge in [0, 0.05) is 36.3 Å². The summed E-state index contributed by atoms with van der Waals surface area (Å²) >= 11 is 5.66. The Balaban J connectivity index is 1.96. The van der Waals surface area contributed by atoms with Crippen molar-refractivity contribution >= 4 is 28.9 Å². The molecule has 1 aliphatic heterocycles. The Morgan fingerprint density at radius 2 is 2.00 bits per heavy atom. The summed E-state index contributed by atoms with van der Waals surface area (Å²) in [5.74, 6) is 0.104. The van der Waals surface area contributed by atoms with Crippen molar-refractivity contribution in [1.82, 2.24) is 0 Å². The minimum Gasteiger partial charge on any atom is -0.378 e. The van der Waals surface area contributed by atoms with Crippen molar-refractivity contribution < 1.29 is 9.53 Å². The number of nitrogens with zero attached hydrogens (tertiary/aromatic N) is 1. The van der Waals surface area contributed by atoms with Gasteiger partial charge in [-0.15, -0.1) is 11.6 Å². The second kappa shape index (κ2) is 6.78. The molecule has 1 heterocycles. The maximum absolute atomic E-state index is 11.7. The number of hydrogen-bond donors (Lipinski definition) is 1. The van der Waals surface area contributed by atoms with E-state index in [-0.39, 0.29) is 11.8 Å². The number of rotatable bonds is 4. The molecule has 104 valence electrons. The number of nitrogens with one attached hydrogen (secondary N) is 1. The highest BCUT2D eigenvalue weighted by atomic mass is 35.5. The molecule has 1 aromatic rings. The average molecular weight is 283 g/mol. The second-order valence-corrected chi connectivity index (χ2v) is 5.00. The number of morpholine rings is 1. The topological polar surface area (TPSA) is 41.6 Å². The fraction of sp³-hybridized carbons (Fsp3) is 0.500. The Morgan fingerprint density at radius 1 is 1.37 bits per heavy atom. The molecular formula is C14H19ClN2O2. The molecule has 0 radical (unpaired) electrons. The lowest BCUT2D eigenvalue weighted by atomic mass is 10.2. The molecule has 0 aromatic heterocycles. The quantitative estimate of drug-likeness (QED) is 0.862. The van der Waals surface area contributed by atoms with Crippen molar-refractivity contribution in [2.45, 2.75) is 6.92 Å². The van der Waals surface area contributed by atoms with E-state index in [0.717, 1.165) is 37.7 Å². The number of halogens is 1. The summed E-state index contributed by atoms with van der Waals surface area (Å²) in [6.45, 7) is 5.17. The number of hydrogen-bond acceptors (Lipinski definition) is 3. The molecule has 1 amide bonds. The zero-order valence-corrected chi connectivity index (χ0v) is 11.8. The molecule has 5 heteroatoms. The van der Waals surface area contributed by atoms with Crippen LogP contribution in [0.4, 0.5) is 11.4 Å². The van der Waals surface area contributed by atoms with Gasteiger partial charge in [0.1, 0.15) is 0 Å². The van der Waals surface area contributed by atoms with Gasteiger partial charge in [-0.05, 0) is 24.3 Å². The lowest BCUT2D eigenvalue weighted by Crippen LogP contribution is -2.36. The molecule has 1 aromatic carbocycles. The van der Waals surface area contributed by atoms with E-state index in [1.165, 1.54) is 0 Å². The largest absolute Gasteiger partial charge is 0.378 e. The lowest BCUT2D eigenvalue weighted by molar-refractivity contribution is -0.118. The zero-order valence-electron chi connectivity index (χ0n) is 11.1. The van der Waals surface area contributed by atoms with Gasteiger partial charge in [0.15, 0.2) is 0 Å². The van der Waals surface area contributed by atoms with E-state index in [2.05, 4.69) is 10.2 Å². The molecule has 0 spiro atoms. The molecule has 0 saturated carbocycles. The third-order valence-corrected chi connectivity index (χ3v) is 3.65. The van der Waals surface area contributed by atoms with Gasteiger partial charge in [-0.3, -0.25) is 4.79 Å².